The SMILES string of the molecule is CCC(=O)N(c1ccccc1)[C@@H]1CCN2C[C@@H](c3ccccc3)c3ccccc3[C@@H]2C1. The number of carbonyl (C=O) groups excluding carboxylic acids is 1. The van der Waals surface area contributed by atoms with Crippen LogP contribution in [-0.4, -0.2) is 29.9 Å². The summed E-state index contributed by atoms with van der Waals surface area (Å²) in [6, 6.07) is 30.6. The lowest BCUT2D eigenvalue weighted by Crippen LogP contribution is -2.51. The molecule has 0 radical (unpaired) electrons. The third kappa shape index (κ3) is 3.79. The van der Waals surface area contributed by atoms with Crippen LogP contribution in [0.2, 0.25) is 0 Å². The fraction of sp³-hybridized carbons (Fsp3) is 0.321. The Morgan fingerprint density at radius 2 is 1.55 bits per heavy atom. The molecule has 31 heavy (non-hydrogen) atoms. The molecule has 0 unspecified atom stereocenters. The standard InChI is InChI=1S/C28H30N2O/c1-2-28(31)30(22-13-7-4-8-14-22)23-17-18-29-20-26(21-11-5-3-6-12-21)24-15-9-10-16-25(24)27(29)19-23/h3-16,23,26-27H,2,17-20H2,1H3/t23-,26+,27+/m1/s1. The van der Waals surface area contributed by atoms with Crippen molar-refractivity contribution < 1.29 is 4.79 Å². The predicted octanol–water partition coefficient (Wildman–Crippen LogP) is 5.78. The van der Waals surface area contributed by atoms with E-state index in [4.69, 9.17) is 0 Å². The number of hydrogen-bond acceptors (Lipinski definition) is 2. The fourth-order valence-corrected chi connectivity index (χ4v) is 5.52. The normalized spacial score (nSPS) is 22.9. The Morgan fingerprint density at radius 3 is 2.26 bits per heavy atom. The third-order valence-corrected chi connectivity index (χ3v) is 7.01. The maximum Gasteiger partial charge on any atom is 0.226 e. The molecule has 0 aromatic heterocycles. The van der Waals surface area contributed by atoms with Gasteiger partial charge in [0.05, 0.1) is 0 Å². The summed E-state index contributed by atoms with van der Waals surface area (Å²) in [5, 5.41) is 0. The third-order valence-electron chi connectivity index (χ3n) is 7.01. The molecule has 2 aliphatic heterocycles. The molecule has 0 saturated carbocycles. The van der Waals surface area contributed by atoms with Gasteiger partial charge in [-0.3, -0.25) is 9.69 Å². The monoisotopic (exact) mass is 410 g/mol. The van der Waals surface area contributed by atoms with E-state index in [0.29, 0.717) is 18.4 Å². The fourth-order valence-electron chi connectivity index (χ4n) is 5.52. The van der Waals surface area contributed by atoms with Crippen molar-refractivity contribution in [2.24, 2.45) is 0 Å². The highest BCUT2D eigenvalue weighted by atomic mass is 16.2. The van der Waals surface area contributed by atoms with Crippen molar-refractivity contribution in [3.05, 3.63) is 102 Å². The number of para-hydroxylation sites is 1. The van der Waals surface area contributed by atoms with Crippen LogP contribution in [0.4, 0.5) is 5.69 Å². The summed E-state index contributed by atoms with van der Waals surface area (Å²) in [5.41, 5.74) is 5.30. The molecule has 0 N–H and O–H groups in total. The first-order valence-corrected chi connectivity index (χ1v) is 11.5. The minimum absolute atomic E-state index is 0.218. The summed E-state index contributed by atoms with van der Waals surface area (Å²) in [6.45, 7) is 4.03. The quantitative estimate of drug-likeness (QED) is 0.544. The first-order chi connectivity index (χ1) is 15.3. The van der Waals surface area contributed by atoms with Crippen LogP contribution in [0.15, 0.2) is 84.9 Å². The molecule has 1 amide bonds. The van der Waals surface area contributed by atoms with Crippen LogP contribution in [0, 0.1) is 0 Å². The van der Waals surface area contributed by atoms with Gasteiger partial charge in [0.1, 0.15) is 0 Å². The molecule has 3 nitrogen and oxygen atoms in total. The number of fused-ring (bicyclic) bond motifs is 3. The van der Waals surface area contributed by atoms with Gasteiger partial charge in [-0.2, -0.15) is 0 Å². The van der Waals surface area contributed by atoms with Gasteiger partial charge >= 0.3 is 0 Å². The molecule has 3 aromatic carbocycles. The number of anilines is 1. The number of amides is 1. The van der Waals surface area contributed by atoms with Gasteiger partial charge in [0.2, 0.25) is 5.91 Å². The van der Waals surface area contributed by atoms with E-state index in [1.54, 1.807) is 0 Å². The summed E-state index contributed by atoms with van der Waals surface area (Å²) in [4.78, 5) is 17.7. The van der Waals surface area contributed by atoms with Crippen molar-refractivity contribution in [2.75, 3.05) is 18.0 Å². The molecule has 3 aromatic rings. The molecule has 1 fully saturated rings. The zero-order chi connectivity index (χ0) is 21.2. The molecule has 0 spiro atoms. The van der Waals surface area contributed by atoms with Crippen LogP contribution < -0.4 is 4.90 Å². The highest BCUT2D eigenvalue weighted by Gasteiger charge is 2.40. The number of piperidine rings is 1. The van der Waals surface area contributed by atoms with Gasteiger partial charge in [-0.15, -0.1) is 0 Å². The van der Waals surface area contributed by atoms with E-state index in [0.717, 1.165) is 31.6 Å². The summed E-state index contributed by atoms with van der Waals surface area (Å²) in [6.07, 6.45) is 2.53. The lowest BCUT2D eigenvalue weighted by atomic mass is 9.77. The molecule has 3 heteroatoms. The molecule has 5 rings (SSSR count). The summed E-state index contributed by atoms with van der Waals surface area (Å²) < 4.78 is 0. The highest BCUT2D eigenvalue weighted by molar-refractivity contribution is 5.93. The van der Waals surface area contributed by atoms with Crippen molar-refractivity contribution in [1.82, 2.24) is 4.90 Å². The van der Waals surface area contributed by atoms with Crippen LogP contribution >= 0.6 is 0 Å². The van der Waals surface area contributed by atoms with E-state index in [1.807, 2.05) is 25.1 Å². The molecular weight excluding hydrogens is 380 g/mol. The lowest BCUT2D eigenvalue weighted by Gasteiger charge is -2.48. The average Bonchev–Trinajstić information content (AvgIpc) is 2.85. The van der Waals surface area contributed by atoms with E-state index >= 15 is 0 Å². The zero-order valence-electron chi connectivity index (χ0n) is 18.2. The molecular formula is C28H30N2O. The van der Waals surface area contributed by atoms with E-state index in [1.165, 1.54) is 16.7 Å². The van der Waals surface area contributed by atoms with E-state index in [-0.39, 0.29) is 11.9 Å². The predicted molar refractivity (Wildman–Crippen MR) is 126 cm³/mol. The Kier molecular flexibility index (Phi) is 5.61. The van der Waals surface area contributed by atoms with Gasteiger partial charge < -0.3 is 4.90 Å². The summed E-state index contributed by atoms with van der Waals surface area (Å²) in [7, 11) is 0. The molecule has 0 bridgehead atoms. The highest BCUT2D eigenvalue weighted by Crippen LogP contribution is 2.44. The van der Waals surface area contributed by atoms with Crippen molar-refractivity contribution in [1.29, 1.82) is 0 Å². The van der Waals surface area contributed by atoms with Crippen molar-refractivity contribution >= 4 is 11.6 Å². The first-order valence-electron chi connectivity index (χ1n) is 11.5. The maximum absolute atomic E-state index is 13.0. The molecule has 2 heterocycles. The lowest BCUT2D eigenvalue weighted by molar-refractivity contribution is -0.119. The summed E-state index contributed by atoms with van der Waals surface area (Å²) >= 11 is 0. The van der Waals surface area contributed by atoms with Crippen LogP contribution in [0.5, 0.6) is 0 Å². The minimum atomic E-state index is 0.218. The molecule has 0 aliphatic carbocycles. The van der Waals surface area contributed by atoms with Crippen LogP contribution in [0.3, 0.4) is 0 Å². The van der Waals surface area contributed by atoms with Gasteiger partial charge in [0.25, 0.3) is 0 Å². The molecule has 2 aliphatic rings. The number of rotatable bonds is 4. The second-order valence-electron chi connectivity index (χ2n) is 8.73. The van der Waals surface area contributed by atoms with E-state index in [2.05, 4.69) is 76.5 Å². The van der Waals surface area contributed by atoms with Crippen LogP contribution in [0.1, 0.15) is 54.8 Å². The Morgan fingerprint density at radius 1 is 0.903 bits per heavy atom. The molecule has 1 saturated heterocycles. The Bertz CT molecular complexity index is 1030. The van der Waals surface area contributed by atoms with E-state index < -0.39 is 0 Å². The summed E-state index contributed by atoms with van der Waals surface area (Å²) in [5.74, 6) is 0.628. The number of nitrogens with zero attached hydrogens (tertiary/aromatic N) is 2. The van der Waals surface area contributed by atoms with Gasteiger partial charge in [-0.1, -0.05) is 79.7 Å². The molecule has 3 atom stereocenters. The first kappa shape index (κ1) is 20.0. The van der Waals surface area contributed by atoms with E-state index in [9.17, 15) is 4.79 Å². The number of benzene rings is 3. The van der Waals surface area contributed by atoms with Gasteiger partial charge in [-0.25, -0.2) is 0 Å². The van der Waals surface area contributed by atoms with Gasteiger partial charge in [-0.05, 0) is 41.7 Å². The second kappa shape index (κ2) is 8.68. The van der Waals surface area contributed by atoms with Crippen molar-refractivity contribution in [3.8, 4) is 0 Å². The van der Waals surface area contributed by atoms with Crippen molar-refractivity contribution in [2.45, 2.75) is 44.2 Å². The van der Waals surface area contributed by atoms with Crippen molar-refractivity contribution in [3.63, 3.8) is 0 Å². The Hall–Kier alpha value is -2.91. The Labute approximate surface area is 185 Å². The molecule has 158 valence electrons. The Balaban J connectivity index is 1.48. The van der Waals surface area contributed by atoms with Gasteiger partial charge in [0, 0.05) is 43.2 Å². The number of hydrogen-bond donors (Lipinski definition) is 0. The smallest absolute Gasteiger partial charge is 0.226 e. The minimum Gasteiger partial charge on any atom is -0.309 e. The second-order valence-corrected chi connectivity index (χ2v) is 8.73. The average molecular weight is 411 g/mol. The largest absolute Gasteiger partial charge is 0.309 e. The van der Waals surface area contributed by atoms with Crippen LogP contribution in [-0.2, 0) is 4.79 Å². The maximum atomic E-state index is 13.0. The van der Waals surface area contributed by atoms with Crippen LogP contribution in [0.25, 0.3) is 0 Å². The van der Waals surface area contributed by atoms with Gasteiger partial charge in [0.15, 0.2) is 0 Å². The zero-order valence-corrected chi connectivity index (χ0v) is 18.2. The topological polar surface area (TPSA) is 23.6 Å². The number of carbonyl (C=O) groups is 1.